The summed E-state index contributed by atoms with van der Waals surface area (Å²) >= 11 is 0. The van der Waals surface area contributed by atoms with Crippen LogP contribution in [0.3, 0.4) is 0 Å². The van der Waals surface area contributed by atoms with E-state index in [1.54, 1.807) is 0 Å². The molecule has 1 amide bonds. The molecule has 0 aliphatic heterocycles. The molecule has 0 bridgehead atoms. The molecule has 1 saturated carbocycles. The lowest BCUT2D eigenvalue weighted by atomic mass is 10.1. The first-order valence-electron chi connectivity index (χ1n) is 4.57. The lowest BCUT2D eigenvalue weighted by molar-refractivity contribution is 0.0994. The van der Waals surface area contributed by atoms with Crippen molar-refractivity contribution in [2.45, 2.75) is 19.3 Å². The molecule has 3 rings (SSSR count). The number of carbonyl (C=O) groups is 1. The van der Waals surface area contributed by atoms with Gasteiger partial charge in [0.05, 0.1) is 5.69 Å². The molecular formula is C9H11N3O. The van der Waals surface area contributed by atoms with Crippen molar-refractivity contribution in [3.63, 3.8) is 0 Å². The maximum atomic E-state index is 11.0. The van der Waals surface area contributed by atoms with E-state index < -0.39 is 0 Å². The summed E-state index contributed by atoms with van der Waals surface area (Å²) in [5.41, 5.74) is 7.90. The number of nitrogens with one attached hydrogen (secondary N) is 1. The van der Waals surface area contributed by atoms with Crippen molar-refractivity contribution in [3.8, 4) is 0 Å². The topological polar surface area (TPSA) is 71.8 Å². The zero-order chi connectivity index (χ0) is 9.16. The van der Waals surface area contributed by atoms with Crippen LogP contribution in [0, 0.1) is 11.8 Å². The normalized spacial score (nSPS) is 34.1. The Bertz CT molecular complexity index is 396. The third kappa shape index (κ3) is 0.709. The average Bonchev–Trinajstić information content (AvgIpc) is 2.49. The van der Waals surface area contributed by atoms with Gasteiger partial charge in [0.15, 0.2) is 0 Å². The van der Waals surface area contributed by atoms with E-state index in [0.29, 0.717) is 11.6 Å². The Hall–Kier alpha value is -1.32. The number of carbonyl (C=O) groups excluding carboxylic acids is 1. The minimum absolute atomic E-state index is 0.386. The number of rotatable bonds is 1. The molecule has 13 heavy (non-hydrogen) atoms. The third-order valence-electron chi connectivity index (χ3n) is 3.46. The predicted octanol–water partition coefficient (Wildman–Crippen LogP) is 0.414. The van der Waals surface area contributed by atoms with E-state index in [1.807, 2.05) is 0 Å². The summed E-state index contributed by atoms with van der Waals surface area (Å²) in [5, 5.41) is 6.89. The average molecular weight is 177 g/mol. The number of aromatic amines is 1. The highest BCUT2D eigenvalue weighted by molar-refractivity contribution is 5.92. The van der Waals surface area contributed by atoms with E-state index in [1.165, 1.54) is 0 Å². The second kappa shape index (κ2) is 1.95. The molecule has 1 aromatic heterocycles. The van der Waals surface area contributed by atoms with E-state index in [4.69, 9.17) is 5.73 Å². The maximum Gasteiger partial charge on any atom is 0.267 e. The van der Waals surface area contributed by atoms with Gasteiger partial charge in [-0.1, -0.05) is 6.92 Å². The monoisotopic (exact) mass is 177 g/mol. The van der Waals surface area contributed by atoms with Crippen LogP contribution >= 0.6 is 0 Å². The summed E-state index contributed by atoms with van der Waals surface area (Å²) in [6, 6.07) is 0. The van der Waals surface area contributed by atoms with Crippen molar-refractivity contribution >= 4 is 5.91 Å². The molecular weight excluding hydrogens is 166 g/mol. The molecule has 0 unspecified atom stereocenters. The van der Waals surface area contributed by atoms with E-state index in [0.717, 1.165) is 29.5 Å². The summed E-state index contributed by atoms with van der Waals surface area (Å²) < 4.78 is 0. The van der Waals surface area contributed by atoms with Gasteiger partial charge in [0.2, 0.25) is 0 Å². The number of aromatic nitrogens is 2. The Kier molecular flexibility index (Phi) is 1.07. The zero-order valence-electron chi connectivity index (χ0n) is 7.37. The van der Waals surface area contributed by atoms with Gasteiger partial charge < -0.3 is 5.73 Å². The van der Waals surface area contributed by atoms with Gasteiger partial charge in [-0.15, -0.1) is 0 Å². The molecule has 3 N–H and O–H groups in total. The molecule has 2 aliphatic carbocycles. The summed E-state index contributed by atoms with van der Waals surface area (Å²) in [4.78, 5) is 11.0. The van der Waals surface area contributed by atoms with E-state index in [2.05, 4.69) is 17.1 Å². The highest BCUT2D eigenvalue weighted by Gasteiger charge is 2.55. The summed E-state index contributed by atoms with van der Waals surface area (Å²) in [6.07, 6.45) is 0.982. The van der Waals surface area contributed by atoms with Crippen LogP contribution in [0.25, 0.3) is 0 Å². The molecule has 0 radical (unpaired) electrons. The minimum atomic E-state index is -0.386. The van der Waals surface area contributed by atoms with E-state index in [9.17, 15) is 4.79 Å². The molecule has 0 aromatic carbocycles. The molecule has 3 atom stereocenters. The Balaban J connectivity index is 2.08. The van der Waals surface area contributed by atoms with Crippen LogP contribution in [0.4, 0.5) is 0 Å². The van der Waals surface area contributed by atoms with Crippen molar-refractivity contribution in [1.29, 1.82) is 0 Å². The van der Waals surface area contributed by atoms with Crippen molar-refractivity contribution < 1.29 is 4.79 Å². The van der Waals surface area contributed by atoms with Crippen LogP contribution in [0.15, 0.2) is 0 Å². The van der Waals surface area contributed by atoms with Gasteiger partial charge in [-0.2, -0.15) is 5.10 Å². The standard InChI is InChI=1S/C9H11N3O/c1-3-4-2-5-7(6(3)4)11-12-8(5)9(10)13/h3-4,6H,2H2,1H3,(H2,10,13)(H,11,12)/t3-,4+,6-/m1/s1. The summed E-state index contributed by atoms with van der Waals surface area (Å²) in [7, 11) is 0. The van der Waals surface area contributed by atoms with Gasteiger partial charge >= 0.3 is 0 Å². The number of hydrogen-bond donors (Lipinski definition) is 2. The molecule has 4 heteroatoms. The van der Waals surface area contributed by atoms with Gasteiger partial charge in [0, 0.05) is 11.5 Å². The molecule has 2 aliphatic rings. The van der Waals surface area contributed by atoms with Crippen molar-refractivity contribution in [2.75, 3.05) is 0 Å². The van der Waals surface area contributed by atoms with Crippen LogP contribution < -0.4 is 5.73 Å². The highest BCUT2D eigenvalue weighted by atomic mass is 16.1. The second-order valence-corrected chi connectivity index (χ2v) is 4.08. The van der Waals surface area contributed by atoms with Gasteiger partial charge in [0.1, 0.15) is 5.69 Å². The Labute approximate surface area is 75.5 Å². The van der Waals surface area contributed by atoms with Gasteiger partial charge in [-0.25, -0.2) is 0 Å². The highest BCUT2D eigenvalue weighted by Crippen LogP contribution is 2.60. The number of nitrogens with two attached hydrogens (primary N) is 1. The lowest BCUT2D eigenvalue weighted by Crippen LogP contribution is -2.13. The van der Waals surface area contributed by atoms with Crippen molar-refractivity contribution in [3.05, 3.63) is 17.0 Å². The van der Waals surface area contributed by atoms with Crippen molar-refractivity contribution in [2.24, 2.45) is 17.6 Å². The van der Waals surface area contributed by atoms with E-state index >= 15 is 0 Å². The van der Waals surface area contributed by atoms with Gasteiger partial charge in [0.25, 0.3) is 5.91 Å². The minimum Gasteiger partial charge on any atom is -0.364 e. The van der Waals surface area contributed by atoms with E-state index in [-0.39, 0.29) is 5.91 Å². The van der Waals surface area contributed by atoms with Gasteiger partial charge in [-0.3, -0.25) is 9.89 Å². The third-order valence-corrected chi connectivity index (χ3v) is 3.46. The molecule has 0 spiro atoms. The molecule has 1 fully saturated rings. The number of H-pyrrole nitrogens is 1. The Morgan fingerprint density at radius 3 is 3.15 bits per heavy atom. The second-order valence-electron chi connectivity index (χ2n) is 4.08. The summed E-state index contributed by atoms with van der Waals surface area (Å²) in [5.74, 6) is 1.68. The van der Waals surface area contributed by atoms with Crippen molar-refractivity contribution in [1.82, 2.24) is 10.2 Å². The van der Waals surface area contributed by atoms with Crippen LogP contribution in [-0.2, 0) is 6.42 Å². The largest absolute Gasteiger partial charge is 0.364 e. The van der Waals surface area contributed by atoms with Crippen LogP contribution in [0.2, 0.25) is 0 Å². The molecule has 1 aromatic rings. The SMILES string of the molecule is C[C@@H]1[C@@H]2Cc3c(n[nH]c3C(N)=O)[C@H]12. The quantitative estimate of drug-likeness (QED) is 0.652. The smallest absolute Gasteiger partial charge is 0.267 e. The van der Waals surface area contributed by atoms with Crippen LogP contribution in [-0.4, -0.2) is 16.1 Å². The molecule has 68 valence electrons. The van der Waals surface area contributed by atoms with Crippen LogP contribution in [0.1, 0.15) is 34.6 Å². The molecule has 0 saturated heterocycles. The fraction of sp³-hybridized carbons (Fsp3) is 0.556. The number of nitrogens with zero attached hydrogens (tertiary/aromatic N) is 1. The number of amides is 1. The Morgan fingerprint density at radius 2 is 2.46 bits per heavy atom. The lowest BCUT2D eigenvalue weighted by Gasteiger charge is -1.97. The number of hydrogen-bond acceptors (Lipinski definition) is 2. The zero-order valence-corrected chi connectivity index (χ0v) is 7.37. The fourth-order valence-corrected chi connectivity index (χ4v) is 2.61. The first-order chi connectivity index (χ1) is 6.20. The summed E-state index contributed by atoms with van der Waals surface area (Å²) in [6.45, 7) is 2.23. The fourth-order valence-electron chi connectivity index (χ4n) is 2.61. The molecule has 1 heterocycles. The number of primary amides is 1. The first-order valence-corrected chi connectivity index (χ1v) is 4.57. The Morgan fingerprint density at radius 1 is 1.69 bits per heavy atom. The van der Waals surface area contributed by atoms with Gasteiger partial charge in [-0.05, 0) is 18.3 Å². The molecule has 4 nitrogen and oxygen atoms in total. The predicted molar refractivity (Wildman–Crippen MR) is 46.2 cm³/mol. The first kappa shape index (κ1) is 7.12. The maximum absolute atomic E-state index is 11.0. The number of fused-ring (bicyclic) bond motifs is 3. The van der Waals surface area contributed by atoms with Crippen LogP contribution in [0.5, 0.6) is 0 Å².